The van der Waals surface area contributed by atoms with Crippen LogP contribution in [-0.4, -0.2) is 49.5 Å². The molecule has 4 rings (SSSR count). The number of methoxy groups -OCH3 is 2. The molecule has 162 valence electrons. The molecule has 0 spiro atoms. The molecular formula is C23H25ClN4O3. The normalized spacial score (nSPS) is 16.1. The number of halogens is 1. The van der Waals surface area contributed by atoms with Crippen molar-refractivity contribution < 1.29 is 14.3 Å². The van der Waals surface area contributed by atoms with E-state index in [4.69, 9.17) is 21.1 Å². The Kier molecular flexibility index (Phi) is 6.32. The number of H-pyrrole nitrogens is 1. The molecule has 2 N–H and O–H groups in total. The second kappa shape index (κ2) is 9.31. The number of hydrogen-bond donors (Lipinski definition) is 2. The standard InChI is InChI=1S/C23H25ClN4O3/c1-30-19-10-16(11-20(12-19)31-2)23(29)25-18-4-3-9-28(14-18)22-13-21(26-27-22)15-5-7-17(24)8-6-15/h5-8,10-13,18H,3-4,9,14H2,1-2H3,(H,25,29)(H,26,27). The summed E-state index contributed by atoms with van der Waals surface area (Å²) in [5.74, 6) is 1.89. The van der Waals surface area contributed by atoms with Crippen molar-refractivity contribution in [3.63, 3.8) is 0 Å². The van der Waals surface area contributed by atoms with E-state index in [9.17, 15) is 4.79 Å². The molecule has 0 saturated carbocycles. The van der Waals surface area contributed by atoms with Crippen molar-refractivity contribution in [2.75, 3.05) is 32.2 Å². The number of aromatic amines is 1. The highest BCUT2D eigenvalue weighted by atomic mass is 35.5. The summed E-state index contributed by atoms with van der Waals surface area (Å²) in [4.78, 5) is 15.0. The number of carbonyl (C=O) groups excluding carboxylic acids is 1. The van der Waals surface area contributed by atoms with E-state index in [0.717, 1.165) is 36.5 Å². The summed E-state index contributed by atoms with van der Waals surface area (Å²) in [6.07, 6.45) is 1.88. The van der Waals surface area contributed by atoms with Gasteiger partial charge < -0.3 is 19.7 Å². The highest BCUT2D eigenvalue weighted by Crippen LogP contribution is 2.26. The molecule has 1 aromatic heterocycles. The summed E-state index contributed by atoms with van der Waals surface area (Å²) in [5, 5.41) is 11.4. The molecule has 1 aliphatic heterocycles. The SMILES string of the molecule is COc1cc(OC)cc(C(=O)NC2CCCN(c3cc(-c4ccc(Cl)cc4)[nH]n3)C2)c1. The van der Waals surface area contributed by atoms with E-state index >= 15 is 0 Å². The summed E-state index contributed by atoms with van der Waals surface area (Å²) in [7, 11) is 3.13. The van der Waals surface area contributed by atoms with Crippen LogP contribution in [0.2, 0.25) is 5.02 Å². The fourth-order valence-corrected chi connectivity index (χ4v) is 3.89. The van der Waals surface area contributed by atoms with Gasteiger partial charge in [-0.15, -0.1) is 0 Å². The van der Waals surface area contributed by atoms with Gasteiger partial charge >= 0.3 is 0 Å². The summed E-state index contributed by atoms with van der Waals surface area (Å²) in [5.41, 5.74) is 2.47. The number of hydrogen-bond acceptors (Lipinski definition) is 5. The molecular weight excluding hydrogens is 416 g/mol. The van der Waals surface area contributed by atoms with Crippen LogP contribution in [0.1, 0.15) is 23.2 Å². The van der Waals surface area contributed by atoms with Gasteiger partial charge in [0.1, 0.15) is 11.5 Å². The maximum Gasteiger partial charge on any atom is 0.251 e. The number of piperidine rings is 1. The largest absolute Gasteiger partial charge is 0.497 e. The van der Waals surface area contributed by atoms with Crippen LogP contribution in [0.25, 0.3) is 11.3 Å². The van der Waals surface area contributed by atoms with Crippen molar-refractivity contribution in [3.05, 3.63) is 59.1 Å². The van der Waals surface area contributed by atoms with Gasteiger partial charge in [0.25, 0.3) is 5.91 Å². The molecule has 0 radical (unpaired) electrons. The van der Waals surface area contributed by atoms with Crippen LogP contribution in [-0.2, 0) is 0 Å². The zero-order chi connectivity index (χ0) is 21.8. The van der Waals surface area contributed by atoms with E-state index < -0.39 is 0 Å². The molecule has 31 heavy (non-hydrogen) atoms. The number of aromatic nitrogens is 2. The Bertz CT molecular complexity index is 1030. The smallest absolute Gasteiger partial charge is 0.251 e. The maximum absolute atomic E-state index is 12.8. The van der Waals surface area contributed by atoms with Gasteiger partial charge in [-0.3, -0.25) is 9.89 Å². The molecule has 0 aliphatic carbocycles. The molecule has 8 heteroatoms. The highest BCUT2D eigenvalue weighted by molar-refractivity contribution is 6.30. The van der Waals surface area contributed by atoms with Gasteiger partial charge in [-0.25, -0.2) is 0 Å². The topological polar surface area (TPSA) is 79.5 Å². The molecule has 7 nitrogen and oxygen atoms in total. The van der Waals surface area contributed by atoms with Crippen molar-refractivity contribution in [2.45, 2.75) is 18.9 Å². The Hall–Kier alpha value is -3.19. The predicted molar refractivity (Wildman–Crippen MR) is 121 cm³/mol. The number of rotatable bonds is 6. The van der Waals surface area contributed by atoms with Crippen LogP contribution in [0, 0.1) is 0 Å². The van der Waals surface area contributed by atoms with Gasteiger partial charge in [0.05, 0.1) is 19.9 Å². The Balaban J connectivity index is 1.43. The Morgan fingerprint density at radius 2 is 1.84 bits per heavy atom. The monoisotopic (exact) mass is 440 g/mol. The Labute approximate surface area is 186 Å². The highest BCUT2D eigenvalue weighted by Gasteiger charge is 2.24. The molecule has 1 amide bonds. The van der Waals surface area contributed by atoms with E-state index in [0.29, 0.717) is 28.6 Å². The van der Waals surface area contributed by atoms with E-state index in [1.165, 1.54) is 0 Å². The van der Waals surface area contributed by atoms with E-state index in [1.54, 1.807) is 32.4 Å². The van der Waals surface area contributed by atoms with Crippen LogP contribution < -0.4 is 19.7 Å². The summed E-state index contributed by atoms with van der Waals surface area (Å²) >= 11 is 5.98. The van der Waals surface area contributed by atoms with Crippen LogP contribution >= 0.6 is 11.6 Å². The lowest BCUT2D eigenvalue weighted by molar-refractivity contribution is 0.0932. The van der Waals surface area contributed by atoms with Crippen molar-refractivity contribution >= 4 is 23.3 Å². The van der Waals surface area contributed by atoms with Gasteiger partial charge in [0.15, 0.2) is 5.82 Å². The average Bonchev–Trinajstić information content (AvgIpc) is 3.29. The Morgan fingerprint density at radius 1 is 1.13 bits per heavy atom. The van der Waals surface area contributed by atoms with Crippen LogP contribution in [0.3, 0.4) is 0 Å². The molecule has 1 atom stereocenters. The summed E-state index contributed by atoms with van der Waals surface area (Å²) in [6, 6.07) is 14.9. The number of amides is 1. The molecule has 1 fully saturated rings. The van der Waals surface area contributed by atoms with Gasteiger partial charge in [-0.05, 0) is 42.7 Å². The summed E-state index contributed by atoms with van der Waals surface area (Å²) in [6.45, 7) is 1.59. The van der Waals surface area contributed by atoms with Gasteiger partial charge in [-0.2, -0.15) is 5.10 Å². The van der Waals surface area contributed by atoms with E-state index in [-0.39, 0.29) is 11.9 Å². The lowest BCUT2D eigenvalue weighted by Crippen LogP contribution is -2.48. The van der Waals surface area contributed by atoms with Crippen LogP contribution in [0.5, 0.6) is 11.5 Å². The first-order valence-electron chi connectivity index (χ1n) is 10.2. The lowest BCUT2D eigenvalue weighted by atomic mass is 10.0. The molecule has 3 aromatic rings. The molecule has 2 heterocycles. The van der Waals surface area contributed by atoms with Gasteiger partial charge in [-0.1, -0.05) is 23.7 Å². The third-order valence-electron chi connectivity index (χ3n) is 5.41. The third-order valence-corrected chi connectivity index (χ3v) is 5.67. The fraction of sp³-hybridized carbons (Fsp3) is 0.304. The van der Waals surface area contributed by atoms with E-state index in [1.807, 2.05) is 30.3 Å². The minimum Gasteiger partial charge on any atom is -0.497 e. The number of benzene rings is 2. The van der Waals surface area contributed by atoms with Crippen molar-refractivity contribution in [3.8, 4) is 22.8 Å². The van der Waals surface area contributed by atoms with Crippen LogP contribution in [0.15, 0.2) is 48.5 Å². The summed E-state index contributed by atoms with van der Waals surface area (Å²) < 4.78 is 10.5. The second-order valence-corrected chi connectivity index (χ2v) is 7.94. The number of anilines is 1. The molecule has 0 bridgehead atoms. The van der Waals surface area contributed by atoms with Gasteiger partial charge in [0, 0.05) is 41.9 Å². The van der Waals surface area contributed by atoms with Crippen molar-refractivity contribution in [1.82, 2.24) is 15.5 Å². The maximum atomic E-state index is 12.8. The first-order valence-corrected chi connectivity index (χ1v) is 10.5. The second-order valence-electron chi connectivity index (χ2n) is 7.51. The number of carbonyl (C=O) groups is 1. The van der Waals surface area contributed by atoms with Crippen molar-refractivity contribution in [1.29, 1.82) is 0 Å². The molecule has 1 saturated heterocycles. The fourth-order valence-electron chi connectivity index (χ4n) is 3.76. The number of nitrogens with zero attached hydrogens (tertiary/aromatic N) is 2. The van der Waals surface area contributed by atoms with Gasteiger partial charge in [0.2, 0.25) is 0 Å². The van der Waals surface area contributed by atoms with E-state index in [2.05, 4.69) is 20.4 Å². The quantitative estimate of drug-likeness (QED) is 0.602. The zero-order valence-electron chi connectivity index (χ0n) is 17.5. The first kappa shape index (κ1) is 21.1. The minimum atomic E-state index is -0.145. The van der Waals surface area contributed by atoms with Crippen LogP contribution in [0.4, 0.5) is 5.82 Å². The first-order chi connectivity index (χ1) is 15.1. The molecule has 2 aromatic carbocycles. The minimum absolute atomic E-state index is 0.0223. The third kappa shape index (κ3) is 4.94. The number of nitrogens with one attached hydrogen (secondary N) is 2. The number of ether oxygens (including phenoxy) is 2. The molecule has 1 aliphatic rings. The average molecular weight is 441 g/mol. The predicted octanol–water partition coefficient (Wildman–Crippen LogP) is 4.15. The van der Waals surface area contributed by atoms with Crippen molar-refractivity contribution in [2.24, 2.45) is 0 Å². The Morgan fingerprint density at radius 3 is 2.52 bits per heavy atom. The lowest BCUT2D eigenvalue weighted by Gasteiger charge is -2.33. The zero-order valence-corrected chi connectivity index (χ0v) is 18.3. The molecule has 1 unspecified atom stereocenters.